The molecule has 0 bridgehead atoms. The van der Waals surface area contributed by atoms with Gasteiger partial charge in [0.15, 0.2) is 0 Å². The highest BCUT2D eigenvalue weighted by atomic mass is 16.3. The Bertz CT molecular complexity index is 501. The van der Waals surface area contributed by atoms with Crippen molar-refractivity contribution in [3.05, 3.63) is 71.8 Å². The van der Waals surface area contributed by atoms with Gasteiger partial charge in [-0.3, -0.25) is 0 Å². The Labute approximate surface area is 100 Å². The van der Waals surface area contributed by atoms with E-state index in [0.29, 0.717) is 11.1 Å². The molecule has 0 unspecified atom stereocenters. The monoisotopic (exact) mass is 226 g/mol. The molecule has 17 heavy (non-hydrogen) atoms. The van der Waals surface area contributed by atoms with Gasteiger partial charge in [0.25, 0.3) is 0 Å². The zero-order valence-electron chi connectivity index (χ0n) is 9.38. The molecule has 0 fully saturated rings. The van der Waals surface area contributed by atoms with Crippen LogP contribution in [0.5, 0.6) is 0 Å². The molecule has 2 rings (SSSR count). The summed E-state index contributed by atoms with van der Waals surface area (Å²) in [6.07, 6.45) is 0. The number of hydrogen-bond donors (Lipinski definition) is 2. The summed E-state index contributed by atoms with van der Waals surface area (Å²) in [5.74, 6) is 0.124. The molecule has 2 aromatic carbocycles. The van der Waals surface area contributed by atoms with E-state index in [1.54, 1.807) is 0 Å². The molecule has 0 radical (unpaired) electrons. The quantitative estimate of drug-likeness (QED) is 0.623. The number of aliphatic hydroxyl groups is 2. The Morgan fingerprint density at radius 2 is 1.24 bits per heavy atom. The van der Waals surface area contributed by atoms with Crippen molar-refractivity contribution in [1.82, 2.24) is 0 Å². The van der Waals surface area contributed by atoms with Crippen LogP contribution < -0.4 is 0 Å². The molecule has 0 heterocycles. The first-order valence-electron chi connectivity index (χ1n) is 5.46. The van der Waals surface area contributed by atoms with Gasteiger partial charge >= 0.3 is 0 Å². The van der Waals surface area contributed by atoms with E-state index in [-0.39, 0.29) is 12.4 Å². The van der Waals surface area contributed by atoms with E-state index in [1.165, 1.54) is 0 Å². The van der Waals surface area contributed by atoms with Gasteiger partial charge < -0.3 is 10.2 Å². The molecule has 0 saturated carbocycles. The molecule has 0 amide bonds. The summed E-state index contributed by atoms with van der Waals surface area (Å²) in [5, 5.41) is 19.5. The van der Waals surface area contributed by atoms with E-state index < -0.39 is 0 Å². The molecular weight excluding hydrogens is 212 g/mol. The molecular formula is C15H14O2. The maximum absolute atomic E-state index is 10.2. The summed E-state index contributed by atoms with van der Waals surface area (Å²) in [5.41, 5.74) is 2.08. The molecule has 2 aromatic rings. The molecule has 0 spiro atoms. The minimum atomic E-state index is -0.190. The van der Waals surface area contributed by atoms with Crippen molar-refractivity contribution >= 4 is 11.3 Å². The Balaban J connectivity index is 2.48. The lowest BCUT2D eigenvalue weighted by Gasteiger charge is -2.08. The van der Waals surface area contributed by atoms with Gasteiger partial charge in [-0.15, -0.1) is 0 Å². The van der Waals surface area contributed by atoms with Gasteiger partial charge in [-0.2, -0.15) is 0 Å². The van der Waals surface area contributed by atoms with Crippen LogP contribution in [0.1, 0.15) is 11.1 Å². The average molecular weight is 226 g/mol. The van der Waals surface area contributed by atoms with E-state index in [0.717, 1.165) is 5.56 Å². The SMILES string of the molecule is OCC(=C(O)c1ccccc1)c1ccccc1. The minimum absolute atomic E-state index is 0.124. The largest absolute Gasteiger partial charge is 0.507 e. The predicted octanol–water partition coefficient (Wildman–Crippen LogP) is 3.11. The fraction of sp³-hybridized carbons (Fsp3) is 0.0667. The van der Waals surface area contributed by atoms with Crippen LogP contribution in [0.3, 0.4) is 0 Å². The number of benzene rings is 2. The van der Waals surface area contributed by atoms with Crippen molar-refractivity contribution in [3.8, 4) is 0 Å². The van der Waals surface area contributed by atoms with Gasteiger partial charge in [0.1, 0.15) is 5.76 Å². The summed E-state index contributed by atoms with van der Waals surface area (Å²) in [4.78, 5) is 0. The number of aliphatic hydroxyl groups excluding tert-OH is 2. The van der Waals surface area contributed by atoms with E-state index in [4.69, 9.17) is 0 Å². The fourth-order valence-corrected chi connectivity index (χ4v) is 1.71. The highest BCUT2D eigenvalue weighted by Crippen LogP contribution is 2.23. The van der Waals surface area contributed by atoms with Crippen LogP contribution in [-0.2, 0) is 0 Å². The summed E-state index contributed by atoms with van der Waals surface area (Å²) >= 11 is 0. The van der Waals surface area contributed by atoms with Crippen LogP contribution >= 0.6 is 0 Å². The summed E-state index contributed by atoms with van der Waals surface area (Å²) in [6.45, 7) is -0.190. The predicted molar refractivity (Wildman–Crippen MR) is 69.4 cm³/mol. The molecule has 2 heteroatoms. The molecule has 2 N–H and O–H groups in total. The van der Waals surface area contributed by atoms with Crippen molar-refractivity contribution < 1.29 is 10.2 Å². The summed E-state index contributed by atoms with van der Waals surface area (Å²) in [7, 11) is 0. The zero-order valence-corrected chi connectivity index (χ0v) is 9.38. The van der Waals surface area contributed by atoms with Crippen LogP contribution in [0.25, 0.3) is 11.3 Å². The van der Waals surface area contributed by atoms with Crippen LogP contribution in [0, 0.1) is 0 Å². The standard InChI is InChI=1S/C15H14O2/c16-11-14(12-7-3-1-4-8-12)15(17)13-9-5-2-6-10-13/h1-10,16-17H,11H2. The zero-order chi connectivity index (χ0) is 12.1. The number of rotatable bonds is 3. The third kappa shape index (κ3) is 2.55. The van der Waals surface area contributed by atoms with E-state index in [9.17, 15) is 10.2 Å². The maximum Gasteiger partial charge on any atom is 0.128 e. The van der Waals surface area contributed by atoms with Gasteiger partial charge in [-0.1, -0.05) is 60.7 Å². The molecule has 0 aliphatic carbocycles. The first kappa shape index (κ1) is 11.4. The molecule has 0 aliphatic rings. The lowest BCUT2D eigenvalue weighted by Crippen LogP contribution is -1.96. The van der Waals surface area contributed by atoms with Crippen LogP contribution in [0.15, 0.2) is 60.7 Å². The average Bonchev–Trinajstić information content (AvgIpc) is 2.42. The molecule has 2 nitrogen and oxygen atoms in total. The lowest BCUT2D eigenvalue weighted by atomic mass is 10.0. The first-order chi connectivity index (χ1) is 8.33. The van der Waals surface area contributed by atoms with Crippen molar-refractivity contribution in [2.75, 3.05) is 6.61 Å². The van der Waals surface area contributed by atoms with Crippen LogP contribution in [0.2, 0.25) is 0 Å². The topological polar surface area (TPSA) is 40.5 Å². The van der Waals surface area contributed by atoms with Gasteiger partial charge in [0, 0.05) is 11.1 Å². The van der Waals surface area contributed by atoms with Gasteiger partial charge in [-0.05, 0) is 5.56 Å². The smallest absolute Gasteiger partial charge is 0.128 e. The molecule has 0 aromatic heterocycles. The third-order valence-electron chi connectivity index (χ3n) is 2.61. The van der Waals surface area contributed by atoms with Crippen molar-refractivity contribution in [3.63, 3.8) is 0 Å². The van der Waals surface area contributed by atoms with Crippen molar-refractivity contribution in [2.24, 2.45) is 0 Å². The minimum Gasteiger partial charge on any atom is -0.507 e. The Kier molecular flexibility index (Phi) is 3.58. The second-order valence-corrected chi connectivity index (χ2v) is 3.72. The van der Waals surface area contributed by atoms with Crippen LogP contribution in [0.4, 0.5) is 0 Å². The Morgan fingerprint density at radius 3 is 1.71 bits per heavy atom. The van der Waals surface area contributed by atoms with Gasteiger partial charge in [0.05, 0.1) is 6.61 Å². The first-order valence-corrected chi connectivity index (χ1v) is 5.46. The molecule has 0 atom stereocenters. The van der Waals surface area contributed by atoms with Crippen molar-refractivity contribution in [1.29, 1.82) is 0 Å². The van der Waals surface area contributed by atoms with Crippen molar-refractivity contribution in [2.45, 2.75) is 0 Å². The Hall–Kier alpha value is -2.06. The Morgan fingerprint density at radius 1 is 0.765 bits per heavy atom. The van der Waals surface area contributed by atoms with E-state index in [2.05, 4.69) is 0 Å². The highest BCUT2D eigenvalue weighted by Gasteiger charge is 2.08. The van der Waals surface area contributed by atoms with E-state index >= 15 is 0 Å². The molecule has 86 valence electrons. The second kappa shape index (κ2) is 5.32. The molecule has 0 saturated heterocycles. The highest BCUT2D eigenvalue weighted by molar-refractivity contribution is 5.87. The third-order valence-corrected chi connectivity index (χ3v) is 2.61. The summed E-state index contributed by atoms with van der Waals surface area (Å²) < 4.78 is 0. The maximum atomic E-state index is 10.2. The second-order valence-electron chi connectivity index (χ2n) is 3.72. The summed E-state index contributed by atoms with van der Waals surface area (Å²) in [6, 6.07) is 18.6. The van der Waals surface area contributed by atoms with E-state index in [1.807, 2.05) is 60.7 Å². The molecule has 0 aliphatic heterocycles. The fourth-order valence-electron chi connectivity index (χ4n) is 1.71. The van der Waals surface area contributed by atoms with Crippen LogP contribution in [-0.4, -0.2) is 16.8 Å². The number of hydrogen-bond acceptors (Lipinski definition) is 2. The normalized spacial score (nSPS) is 12.1. The van der Waals surface area contributed by atoms with Gasteiger partial charge in [-0.25, -0.2) is 0 Å². The lowest BCUT2D eigenvalue weighted by molar-refractivity contribution is 0.347. The van der Waals surface area contributed by atoms with Gasteiger partial charge in [0.2, 0.25) is 0 Å².